The van der Waals surface area contributed by atoms with E-state index in [1.807, 2.05) is 0 Å². The summed E-state index contributed by atoms with van der Waals surface area (Å²) in [5.74, 6) is -0.538. The minimum absolute atomic E-state index is 0.00502. The molecule has 0 N–H and O–H groups in total. The first-order chi connectivity index (χ1) is 8.56. The number of hydrogen-bond donors (Lipinski definition) is 0. The van der Waals surface area contributed by atoms with Gasteiger partial charge in [0.25, 0.3) is 0 Å². The number of rotatable bonds is 3. The SMILES string of the molecule is Fc1ccc(Br)c(OCc2ccc(Cl)cc2F)c1. The van der Waals surface area contributed by atoms with Crippen LogP contribution in [0.2, 0.25) is 5.02 Å². The Kier molecular flexibility index (Phi) is 4.19. The molecular weight excluding hydrogens is 325 g/mol. The maximum Gasteiger partial charge on any atom is 0.136 e. The van der Waals surface area contributed by atoms with Gasteiger partial charge in [0.05, 0.1) is 4.47 Å². The fraction of sp³-hybridized carbons (Fsp3) is 0.0769. The molecule has 0 saturated carbocycles. The van der Waals surface area contributed by atoms with Crippen molar-refractivity contribution in [1.29, 1.82) is 0 Å². The molecule has 94 valence electrons. The predicted octanol–water partition coefficient (Wildman–Crippen LogP) is 4.96. The molecule has 0 fully saturated rings. The smallest absolute Gasteiger partial charge is 0.136 e. The van der Waals surface area contributed by atoms with Crippen molar-refractivity contribution in [2.75, 3.05) is 0 Å². The molecule has 0 unspecified atom stereocenters. The van der Waals surface area contributed by atoms with Gasteiger partial charge in [-0.2, -0.15) is 0 Å². The summed E-state index contributed by atoms with van der Waals surface area (Å²) in [6.45, 7) is 0.00502. The third-order valence-electron chi connectivity index (χ3n) is 2.29. The molecule has 0 bridgehead atoms. The van der Waals surface area contributed by atoms with E-state index in [1.54, 1.807) is 6.07 Å². The molecule has 5 heteroatoms. The van der Waals surface area contributed by atoms with Gasteiger partial charge in [0.2, 0.25) is 0 Å². The Morgan fingerprint density at radius 1 is 1.11 bits per heavy atom. The summed E-state index contributed by atoms with van der Waals surface area (Å²) in [5.41, 5.74) is 0.357. The topological polar surface area (TPSA) is 9.23 Å². The van der Waals surface area contributed by atoms with E-state index >= 15 is 0 Å². The van der Waals surface area contributed by atoms with Crippen molar-refractivity contribution in [2.45, 2.75) is 6.61 Å². The van der Waals surface area contributed by atoms with Gasteiger partial charge in [-0.25, -0.2) is 8.78 Å². The van der Waals surface area contributed by atoms with Crippen molar-refractivity contribution in [1.82, 2.24) is 0 Å². The normalized spacial score (nSPS) is 10.4. The largest absolute Gasteiger partial charge is 0.488 e. The van der Waals surface area contributed by atoms with E-state index in [9.17, 15) is 8.78 Å². The third-order valence-corrected chi connectivity index (χ3v) is 3.18. The summed E-state index contributed by atoms with van der Waals surface area (Å²) in [7, 11) is 0. The van der Waals surface area contributed by atoms with Crippen LogP contribution in [0.5, 0.6) is 5.75 Å². The monoisotopic (exact) mass is 332 g/mol. The van der Waals surface area contributed by atoms with Gasteiger partial charge in [0.15, 0.2) is 0 Å². The van der Waals surface area contributed by atoms with Gasteiger partial charge in [-0.15, -0.1) is 0 Å². The first-order valence-corrected chi connectivity index (χ1v) is 6.25. The lowest BCUT2D eigenvalue weighted by Gasteiger charge is -2.09. The first kappa shape index (κ1) is 13.3. The lowest BCUT2D eigenvalue weighted by molar-refractivity contribution is 0.296. The van der Waals surface area contributed by atoms with Gasteiger partial charge >= 0.3 is 0 Å². The molecule has 0 saturated heterocycles. The lowest BCUT2D eigenvalue weighted by Crippen LogP contribution is -1.99. The molecule has 0 atom stereocenters. The Morgan fingerprint density at radius 3 is 2.61 bits per heavy atom. The van der Waals surface area contributed by atoms with Gasteiger partial charge < -0.3 is 4.74 Å². The van der Waals surface area contributed by atoms with Gasteiger partial charge in [0.1, 0.15) is 24.0 Å². The van der Waals surface area contributed by atoms with E-state index in [0.29, 0.717) is 20.8 Å². The number of benzene rings is 2. The van der Waals surface area contributed by atoms with Crippen molar-refractivity contribution >= 4 is 27.5 Å². The van der Waals surface area contributed by atoms with Gasteiger partial charge in [-0.05, 0) is 40.2 Å². The molecule has 0 aromatic heterocycles. The maximum atomic E-state index is 13.5. The molecule has 0 aliphatic rings. The molecule has 2 aromatic rings. The molecule has 2 aromatic carbocycles. The predicted molar refractivity (Wildman–Crippen MR) is 69.8 cm³/mol. The maximum absolute atomic E-state index is 13.5. The zero-order valence-corrected chi connectivity index (χ0v) is 11.4. The van der Waals surface area contributed by atoms with Crippen LogP contribution in [0.25, 0.3) is 0 Å². The van der Waals surface area contributed by atoms with E-state index in [-0.39, 0.29) is 6.61 Å². The molecule has 0 amide bonds. The van der Waals surface area contributed by atoms with E-state index in [2.05, 4.69) is 15.9 Å². The quantitative estimate of drug-likeness (QED) is 0.771. The molecular formula is C13H8BrClF2O. The summed E-state index contributed by atoms with van der Waals surface area (Å²) in [6.07, 6.45) is 0. The molecule has 18 heavy (non-hydrogen) atoms. The van der Waals surface area contributed by atoms with Crippen LogP contribution in [0.4, 0.5) is 8.78 Å². The van der Waals surface area contributed by atoms with Gasteiger partial charge in [-0.3, -0.25) is 0 Å². The molecule has 0 aliphatic carbocycles. The summed E-state index contributed by atoms with van der Waals surface area (Å²) in [5, 5.41) is 0.322. The van der Waals surface area contributed by atoms with Crippen LogP contribution in [0.15, 0.2) is 40.9 Å². The van der Waals surface area contributed by atoms with E-state index in [0.717, 1.165) is 0 Å². The Bertz CT molecular complexity index is 575. The Labute approximate surface area is 116 Å². The first-order valence-electron chi connectivity index (χ1n) is 5.08. The fourth-order valence-corrected chi connectivity index (χ4v) is 1.90. The lowest BCUT2D eigenvalue weighted by atomic mass is 10.2. The highest BCUT2D eigenvalue weighted by Crippen LogP contribution is 2.26. The molecule has 0 radical (unpaired) electrons. The zero-order chi connectivity index (χ0) is 13.1. The van der Waals surface area contributed by atoms with Crippen LogP contribution in [-0.2, 0) is 6.61 Å². The number of hydrogen-bond acceptors (Lipinski definition) is 1. The second kappa shape index (κ2) is 5.67. The third kappa shape index (κ3) is 3.21. The van der Waals surface area contributed by atoms with Crippen molar-refractivity contribution in [2.24, 2.45) is 0 Å². The van der Waals surface area contributed by atoms with Crippen LogP contribution in [0.3, 0.4) is 0 Å². The van der Waals surface area contributed by atoms with Crippen LogP contribution >= 0.6 is 27.5 Å². The van der Waals surface area contributed by atoms with Crippen molar-refractivity contribution in [3.05, 3.63) is 63.1 Å². The van der Waals surface area contributed by atoms with Gasteiger partial charge in [-0.1, -0.05) is 17.7 Å². The average molecular weight is 334 g/mol. The molecule has 0 aliphatic heterocycles. The summed E-state index contributed by atoms with van der Waals surface area (Å²) < 4.78 is 32.5. The highest BCUT2D eigenvalue weighted by Gasteiger charge is 2.07. The minimum Gasteiger partial charge on any atom is -0.488 e. The summed E-state index contributed by atoms with van der Waals surface area (Å²) in [4.78, 5) is 0. The van der Waals surface area contributed by atoms with Crippen LogP contribution < -0.4 is 4.74 Å². The average Bonchev–Trinajstić information content (AvgIpc) is 2.32. The standard InChI is InChI=1S/C13H8BrClF2O/c14-11-4-3-10(16)6-13(11)18-7-8-1-2-9(15)5-12(8)17/h1-6H,7H2. The zero-order valence-electron chi connectivity index (χ0n) is 9.09. The molecule has 1 nitrogen and oxygen atoms in total. The highest BCUT2D eigenvalue weighted by atomic mass is 79.9. The van der Waals surface area contributed by atoms with E-state index in [1.165, 1.54) is 30.3 Å². The van der Waals surface area contributed by atoms with Crippen LogP contribution in [-0.4, -0.2) is 0 Å². The number of halogens is 4. The second-order valence-electron chi connectivity index (χ2n) is 3.60. The Balaban J connectivity index is 2.13. The minimum atomic E-state index is -0.449. The Morgan fingerprint density at radius 2 is 1.89 bits per heavy atom. The van der Waals surface area contributed by atoms with Gasteiger partial charge in [0, 0.05) is 16.7 Å². The van der Waals surface area contributed by atoms with Crippen LogP contribution in [0.1, 0.15) is 5.56 Å². The van der Waals surface area contributed by atoms with Crippen molar-refractivity contribution < 1.29 is 13.5 Å². The number of ether oxygens (including phenoxy) is 1. The molecule has 0 heterocycles. The highest BCUT2D eigenvalue weighted by molar-refractivity contribution is 9.10. The van der Waals surface area contributed by atoms with Crippen molar-refractivity contribution in [3.8, 4) is 5.75 Å². The Hall–Kier alpha value is -1.13. The second-order valence-corrected chi connectivity index (χ2v) is 4.89. The van der Waals surface area contributed by atoms with E-state index < -0.39 is 11.6 Å². The molecule has 0 spiro atoms. The molecule has 2 rings (SSSR count). The van der Waals surface area contributed by atoms with Crippen molar-refractivity contribution in [3.63, 3.8) is 0 Å². The summed E-state index contributed by atoms with van der Waals surface area (Å²) >= 11 is 8.87. The van der Waals surface area contributed by atoms with Crippen LogP contribution in [0, 0.1) is 11.6 Å². The fourth-order valence-electron chi connectivity index (χ4n) is 1.38. The summed E-state index contributed by atoms with van der Waals surface area (Å²) in [6, 6.07) is 8.39. The van der Waals surface area contributed by atoms with E-state index in [4.69, 9.17) is 16.3 Å².